The lowest BCUT2D eigenvalue weighted by Crippen LogP contribution is -2.16. The number of hydrogen-bond donors (Lipinski definition) is 1. The van der Waals surface area contributed by atoms with Crippen LogP contribution in [-0.4, -0.2) is 5.91 Å². The summed E-state index contributed by atoms with van der Waals surface area (Å²) in [4.78, 5) is 12.4. The van der Waals surface area contributed by atoms with E-state index in [-0.39, 0.29) is 5.91 Å². The molecule has 2 rings (SSSR count). The third kappa shape index (κ3) is 3.95. The Bertz CT molecular complexity index is 598. The number of rotatable bonds is 2. The van der Waals surface area contributed by atoms with E-state index in [1.54, 1.807) is 0 Å². The van der Waals surface area contributed by atoms with Gasteiger partial charge in [-0.25, -0.2) is 0 Å². The van der Waals surface area contributed by atoms with Crippen LogP contribution >= 0.6 is 0 Å². The first-order valence-corrected chi connectivity index (χ1v) is 7.62. The molecule has 0 spiro atoms. The average Bonchev–Trinajstić information content (AvgIpc) is 2.72. The monoisotopic (exact) mass is 282 g/mol. The van der Waals surface area contributed by atoms with Gasteiger partial charge in [0.1, 0.15) is 11.6 Å². The van der Waals surface area contributed by atoms with Crippen LogP contribution in [0.3, 0.4) is 0 Å². The highest BCUT2D eigenvalue weighted by atomic mass is 16.1. The fraction of sp³-hybridized carbons (Fsp3) is 0.444. The van der Waals surface area contributed by atoms with Gasteiger partial charge in [-0.2, -0.15) is 5.26 Å². The highest BCUT2D eigenvalue weighted by molar-refractivity contribution is 6.07. The average molecular weight is 282 g/mol. The molecule has 3 nitrogen and oxygen atoms in total. The summed E-state index contributed by atoms with van der Waals surface area (Å²) in [5.41, 5.74) is 4.31. The molecule has 1 N–H and O–H groups in total. The van der Waals surface area contributed by atoms with Crippen molar-refractivity contribution < 1.29 is 4.79 Å². The predicted octanol–water partition coefficient (Wildman–Crippen LogP) is 4.42. The van der Waals surface area contributed by atoms with Gasteiger partial charge in [0, 0.05) is 5.69 Å². The maximum absolute atomic E-state index is 12.4. The number of nitrogens with one attached hydrogen (secondary N) is 1. The SMILES string of the molecule is Cc1ccc(NC(=O)C(C#N)=C2CCCCCC2)c(C)c1. The normalized spacial score (nSPS) is 15.0. The quantitative estimate of drug-likeness (QED) is 0.496. The van der Waals surface area contributed by atoms with Gasteiger partial charge >= 0.3 is 0 Å². The summed E-state index contributed by atoms with van der Waals surface area (Å²) in [6, 6.07) is 8.01. The summed E-state index contributed by atoms with van der Waals surface area (Å²) in [7, 11) is 0. The van der Waals surface area contributed by atoms with E-state index >= 15 is 0 Å². The van der Waals surface area contributed by atoms with Crippen LogP contribution < -0.4 is 5.32 Å². The number of hydrogen-bond acceptors (Lipinski definition) is 2. The van der Waals surface area contributed by atoms with E-state index in [1.807, 2.05) is 32.0 Å². The van der Waals surface area contributed by atoms with Crippen molar-refractivity contribution >= 4 is 11.6 Å². The van der Waals surface area contributed by atoms with Gasteiger partial charge in [0.25, 0.3) is 5.91 Å². The van der Waals surface area contributed by atoms with Gasteiger partial charge in [-0.3, -0.25) is 4.79 Å². The number of amides is 1. The van der Waals surface area contributed by atoms with Gasteiger partial charge in [0.05, 0.1) is 0 Å². The predicted molar refractivity (Wildman–Crippen MR) is 84.9 cm³/mol. The third-order valence-corrected chi connectivity index (χ3v) is 4.03. The van der Waals surface area contributed by atoms with Crippen LogP contribution in [0.1, 0.15) is 49.7 Å². The Hall–Kier alpha value is -2.08. The van der Waals surface area contributed by atoms with Crippen molar-refractivity contribution in [3.05, 3.63) is 40.5 Å². The molecule has 110 valence electrons. The van der Waals surface area contributed by atoms with E-state index in [0.717, 1.165) is 48.1 Å². The molecular formula is C18H22N2O. The molecule has 1 aliphatic rings. The van der Waals surface area contributed by atoms with Gasteiger partial charge in [-0.1, -0.05) is 30.5 Å². The van der Waals surface area contributed by atoms with Crippen LogP contribution in [-0.2, 0) is 4.79 Å². The fourth-order valence-corrected chi connectivity index (χ4v) is 2.83. The zero-order chi connectivity index (χ0) is 15.2. The van der Waals surface area contributed by atoms with Crippen molar-refractivity contribution in [2.75, 3.05) is 5.32 Å². The Kier molecular flexibility index (Phi) is 5.16. The van der Waals surface area contributed by atoms with E-state index in [1.165, 1.54) is 12.8 Å². The minimum atomic E-state index is -0.263. The van der Waals surface area contributed by atoms with E-state index in [4.69, 9.17) is 0 Å². The number of nitriles is 1. The summed E-state index contributed by atoms with van der Waals surface area (Å²) < 4.78 is 0. The van der Waals surface area contributed by atoms with Crippen LogP contribution in [0.5, 0.6) is 0 Å². The second-order valence-electron chi connectivity index (χ2n) is 5.78. The first-order chi connectivity index (χ1) is 10.1. The molecule has 1 aliphatic carbocycles. The van der Waals surface area contributed by atoms with Crippen molar-refractivity contribution in [1.29, 1.82) is 5.26 Å². The largest absolute Gasteiger partial charge is 0.321 e. The second-order valence-corrected chi connectivity index (χ2v) is 5.78. The van der Waals surface area contributed by atoms with Gasteiger partial charge in [-0.15, -0.1) is 0 Å². The van der Waals surface area contributed by atoms with Crippen LogP contribution in [0.4, 0.5) is 5.69 Å². The molecule has 0 unspecified atom stereocenters. The molecule has 1 aromatic rings. The van der Waals surface area contributed by atoms with Crippen molar-refractivity contribution in [2.45, 2.75) is 52.4 Å². The van der Waals surface area contributed by atoms with E-state index < -0.39 is 0 Å². The van der Waals surface area contributed by atoms with Gasteiger partial charge in [-0.05, 0) is 56.7 Å². The molecule has 0 heterocycles. The van der Waals surface area contributed by atoms with Crippen molar-refractivity contribution in [3.63, 3.8) is 0 Å². The van der Waals surface area contributed by atoms with Gasteiger partial charge in [0.15, 0.2) is 0 Å². The molecule has 21 heavy (non-hydrogen) atoms. The molecule has 0 aromatic heterocycles. The Labute approximate surface area is 126 Å². The summed E-state index contributed by atoms with van der Waals surface area (Å²) in [6.07, 6.45) is 6.31. The summed E-state index contributed by atoms with van der Waals surface area (Å²) in [5.74, 6) is -0.263. The Morgan fingerprint density at radius 2 is 1.81 bits per heavy atom. The van der Waals surface area contributed by atoms with Gasteiger partial charge in [0.2, 0.25) is 0 Å². The summed E-state index contributed by atoms with van der Waals surface area (Å²) in [5, 5.41) is 12.3. The number of carbonyl (C=O) groups excluding carboxylic acids is 1. The maximum Gasteiger partial charge on any atom is 0.266 e. The Morgan fingerprint density at radius 1 is 1.14 bits per heavy atom. The zero-order valence-corrected chi connectivity index (χ0v) is 12.8. The molecule has 0 bridgehead atoms. The van der Waals surface area contributed by atoms with Gasteiger partial charge < -0.3 is 5.32 Å². The minimum Gasteiger partial charge on any atom is -0.321 e. The lowest BCUT2D eigenvalue weighted by Gasteiger charge is -2.11. The smallest absolute Gasteiger partial charge is 0.266 e. The third-order valence-electron chi connectivity index (χ3n) is 4.03. The molecule has 1 amide bonds. The lowest BCUT2D eigenvalue weighted by atomic mass is 10.0. The Morgan fingerprint density at radius 3 is 2.38 bits per heavy atom. The first kappa shape index (κ1) is 15.3. The summed E-state index contributed by atoms with van der Waals surface area (Å²) in [6.45, 7) is 3.99. The number of aryl methyl sites for hydroxylation is 2. The molecule has 0 radical (unpaired) electrons. The molecule has 3 heteroatoms. The number of benzene rings is 1. The maximum atomic E-state index is 12.4. The minimum absolute atomic E-state index is 0.263. The molecule has 1 saturated carbocycles. The molecule has 0 atom stereocenters. The highest BCUT2D eigenvalue weighted by Gasteiger charge is 2.17. The fourth-order valence-electron chi connectivity index (χ4n) is 2.83. The van der Waals surface area contributed by atoms with Crippen LogP contribution in [0.15, 0.2) is 29.3 Å². The highest BCUT2D eigenvalue weighted by Crippen LogP contribution is 2.26. The number of anilines is 1. The standard InChI is InChI=1S/C18H22N2O/c1-13-9-10-17(14(2)11-13)20-18(21)16(12-19)15-7-5-3-4-6-8-15/h9-11H,3-8H2,1-2H3,(H,20,21). The van der Waals surface area contributed by atoms with Crippen molar-refractivity contribution in [3.8, 4) is 6.07 Å². The molecule has 1 fully saturated rings. The first-order valence-electron chi connectivity index (χ1n) is 7.62. The van der Waals surface area contributed by atoms with Crippen molar-refractivity contribution in [2.24, 2.45) is 0 Å². The van der Waals surface area contributed by atoms with Crippen LogP contribution in [0.25, 0.3) is 0 Å². The topological polar surface area (TPSA) is 52.9 Å². The molecular weight excluding hydrogens is 260 g/mol. The Balaban J connectivity index is 2.20. The van der Waals surface area contributed by atoms with Crippen molar-refractivity contribution in [1.82, 2.24) is 0 Å². The summed E-state index contributed by atoms with van der Waals surface area (Å²) >= 11 is 0. The lowest BCUT2D eigenvalue weighted by molar-refractivity contribution is -0.112. The number of carbonyl (C=O) groups is 1. The van der Waals surface area contributed by atoms with Crippen LogP contribution in [0.2, 0.25) is 0 Å². The van der Waals surface area contributed by atoms with E-state index in [0.29, 0.717) is 5.57 Å². The molecule has 1 aromatic carbocycles. The second kappa shape index (κ2) is 7.08. The molecule has 0 aliphatic heterocycles. The van der Waals surface area contributed by atoms with E-state index in [2.05, 4.69) is 11.4 Å². The zero-order valence-electron chi connectivity index (χ0n) is 12.8. The van der Waals surface area contributed by atoms with Crippen LogP contribution in [0, 0.1) is 25.2 Å². The number of nitrogens with zero attached hydrogens (tertiary/aromatic N) is 1. The molecule has 0 saturated heterocycles. The van der Waals surface area contributed by atoms with E-state index in [9.17, 15) is 10.1 Å². The number of allylic oxidation sites excluding steroid dienone is 1.